The third-order valence-electron chi connectivity index (χ3n) is 2.89. The van der Waals surface area contributed by atoms with Crippen molar-refractivity contribution >= 4 is 23.0 Å². The van der Waals surface area contributed by atoms with Gasteiger partial charge in [0.25, 0.3) is 0 Å². The first-order valence-corrected chi connectivity index (χ1v) is 6.09. The fraction of sp³-hybridized carbons (Fsp3) is 0.133. The molecule has 0 aliphatic heterocycles. The van der Waals surface area contributed by atoms with Crippen molar-refractivity contribution in [2.24, 2.45) is 10.2 Å². The maximum Gasteiger partial charge on any atom is 0.335 e. The number of carboxylic acid groups (broad SMARTS) is 1. The Morgan fingerprint density at radius 2 is 1.60 bits per heavy atom. The predicted octanol–water partition coefficient (Wildman–Crippen LogP) is 4.00. The second-order valence-electron chi connectivity index (χ2n) is 4.56. The smallest absolute Gasteiger partial charge is 0.335 e. The molecule has 0 radical (unpaired) electrons. The number of aromatic carboxylic acids is 1. The molecule has 2 aromatic rings. The van der Waals surface area contributed by atoms with E-state index in [9.17, 15) is 4.79 Å². The minimum Gasteiger partial charge on any atom is -0.478 e. The third-order valence-corrected chi connectivity index (χ3v) is 2.89. The number of carbonyl (C=O) groups is 1. The Hall–Kier alpha value is -2.69. The van der Waals surface area contributed by atoms with E-state index >= 15 is 0 Å². The normalized spacial score (nSPS) is 10.9. The number of aryl methyl sites for hydroxylation is 2. The van der Waals surface area contributed by atoms with Crippen LogP contribution in [0.4, 0.5) is 17.1 Å². The first kappa shape index (κ1) is 13.7. The summed E-state index contributed by atoms with van der Waals surface area (Å²) in [6.07, 6.45) is 0. The molecule has 0 fully saturated rings. The van der Waals surface area contributed by atoms with Gasteiger partial charge >= 0.3 is 5.97 Å². The Labute approximate surface area is 116 Å². The van der Waals surface area contributed by atoms with Crippen LogP contribution < -0.4 is 5.73 Å². The van der Waals surface area contributed by atoms with Gasteiger partial charge in [-0.05, 0) is 61.4 Å². The largest absolute Gasteiger partial charge is 0.478 e. The molecule has 0 aromatic heterocycles. The van der Waals surface area contributed by atoms with Gasteiger partial charge in [-0.25, -0.2) is 4.79 Å². The Morgan fingerprint density at radius 3 is 2.10 bits per heavy atom. The Kier molecular flexibility index (Phi) is 3.79. The summed E-state index contributed by atoms with van der Waals surface area (Å²) in [5.74, 6) is -0.960. The zero-order valence-corrected chi connectivity index (χ0v) is 11.3. The Balaban J connectivity index is 2.27. The van der Waals surface area contributed by atoms with Crippen LogP contribution in [0.2, 0.25) is 0 Å². The van der Waals surface area contributed by atoms with Crippen molar-refractivity contribution in [2.45, 2.75) is 13.8 Å². The van der Waals surface area contributed by atoms with Crippen molar-refractivity contribution in [3.63, 3.8) is 0 Å². The topological polar surface area (TPSA) is 88.0 Å². The number of benzene rings is 2. The summed E-state index contributed by atoms with van der Waals surface area (Å²) in [5, 5.41) is 17.1. The van der Waals surface area contributed by atoms with Crippen LogP contribution in [-0.4, -0.2) is 11.1 Å². The number of anilines is 1. The molecule has 0 bridgehead atoms. The summed E-state index contributed by atoms with van der Waals surface area (Å²) in [6.45, 7) is 3.84. The first-order valence-electron chi connectivity index (χ1n) is 6.09. The van der Waals surface area contributed by atoms with E-state index in [0.717, 1.165) is 16.8 Å². The highest BCUT2D eigenvalue weighted by atomic mass is 16.4. The summed E-state index contributed by atoms with van der Waals surface area (Å²) in [5.41, 5.74) is 9.96. The number of nitrogens with two attached hydrogens (primary N) is 1. The zero-order valence-electron chi connectivity index (χ0n) is 11.3. The average molecular weight is 269 g/mol. The number of hydrogen-bond acceptors (Lipinski definition) is 4. The van der Waals surface area contributed by atoms with Gasteiger partial charge < -0.3 is 10.8 Å². The predicted molar refractivity (Wildman–Crippen MR) is 77.9 cm³/mol. The van der Waals surface area contributed by atoms with Gasteiger partial charge in [0.2, 0.25) is 0 Å². The maximum atomic E-state index is 10.7. The third kappa shape index (κ3) is 3.00. The molecule has 0 aliphatic carbocycles. The molecule has 0 spiro atoms. The van der Waals surface area contributed by atoms with Crippen LogP contribution >= 0.6 is 0 Å². The Bertz CT molecular complexity index is 653. The van der Waals surface area contributed by atoms with E-state index in [4.69, 9.17) is 10.8 Å². The molecule has 3 N–H and O–H groups in total. The molecule has 2 rings (SSSR count). The van der Waals surface area contributed by atoms with Crippen LogP contribution in [0.15, 0.2) is 46.6 Å². The van der Waals surface area contributed by atoms with E-state index in [1.165, 1.54) is 12.1 Å². The van der Waals surface area contributed by atoms with Crippen molar-refractivity contribution in [2.75, 3.05) is 5.73 Å². The molecular weight excluding hydrogens is 254 g/mol. The van der Waals surface area contributed by atoms with Gasteiger partial charge in [0.15, 0.2) is 0 Å². The molecule has 0 saturated carbocycles. The molecular formula is C15H15N3O2. The molecule has 0 amide bonds. The minimum absolute atomic E-state index is 0.226. The number of carboxylic acids is 1. The minimum atomic E-state index is -0.960. The molecule has 102 valence electrons. The zero-order chi connectivity index (χ0) is 14.7. The average Bonchev–Trinajstić information content (AvgIpc) is 2.38. The van der Waals surface area contributed by atoms with Crippen LogP contribution in [0, 0.1) is 13.8 Å². The SMILES string of the molecule is Cc1cc(N)cc(C)c1N=Nc1ccc(C(=O)O)cc1. The van der Waals surface area contributed by atoms with Crippen LogP contribution in [0.5, 0.6) is 0 Å². The van der Waals surface area contributed by atoms with Gasteiger partial charge in [0.05, 0.1) is 16.9 Å². The van der Waals surface area contributed by atoms with Crippen molar-refractivity contribution in [3.05, 3.63) is 53.1 Å². The van der Waals surface area contributed by atoms with E-state index in [0.29, 0.717) is 11.4 Å². The second kappa shape index (κ2) is 5.52. The van der Waals surface area contributed by atoms with E-state index in [-0.39, 0.29) is 5.56 Å². The lowest BCUT2D eigenvalue weighted by molar-refractivity contribution is 0.0697. The van der Waals surface area contributed by atoms with Gasteiger partial charge in [0.1, 0.15) is 0 Å². The molecule has 2 aromatic carbocycles. The molecule has 5 nitrogen and oxygen atoms in total. The Morgan fingerprint density at radius 1 is 1.05 bits per heavy atom. The maximum absolute atomic E-state index is 10.7. The van der Waals surface area contributed by atoms with Crippen LogP contribution in [-0.2, 0) is 0 Å². The lowest BCUT2D eigenvalue weighted by Gasteiger charge is -2.05. The quantitative estimate of drug-likeness (QED) is 0.652. The van der Waals surface area contributed by atoms with Crippen molar-refractivity contribution in [3.8, 4) is 0 Å². The van der Waals surface area contributed by atoms with Gasteiger partial charge in [-0.2, -0.15) is 10.2 Å². The van der Waals surface area contributed by atoms with Crippen LogP contribution in [0.25, 0.3) is 0 Å². The molecule has 0 unspecified atom stereocenters. The molecule has 0 saturated heterocycles. The van der Waals surface area contributed by atoms with Crippen LogP contribution in [0.3, 0.4) is 0 Å². The highest BCUT2D eigenvalue weighted by molar-refractivity contribution is 5.87. The number of hydrogen-bond donors (Lipinski definition) is 2. The lowest BCUT2D eigenvalue weighted by Crippen LogP contribution is -1.94. The molecule has 0 aliphatic rings. The van der Waals surface area contributed by atoms with Crippen molar-refractivity contribution in [1.82, 2.24) is 0 Å². The van der Waals surface area contributed by atoms with Gasteiger partial charge in [-0.3, -0.25) is 0 Å². The fourth-order valence-corrected chi connectivity index (χ4v) is 1.93. The van der Waals surface area contributed by atoms with E-state index in [1.807, 2.05) is 26.0 Å². The molecule has 0 heterocycles. The fourth-order valence-electron chi connectivity index (χ4n) is 1.93. The number of nitrogen functional groups attached to an aromatic ring is 1. The standard InChI is InChI=1S/C15H15N3O2/c1-9-7-12(16)8-10(2)14(9)18-17-13-5-3-11(4-6-13)15(19)20/h3-8H,16H2,1-2H3,(H,19,20). The molecule has 5 heteroatoms. The summed E-state index contributed by atoms with van der Waals surface area (Å²) >= 11 is 0. The van der Waals surface area contributed by atoms with Gasteiger partial charge in [-0.15, -0.1) is 0 Å². The summed E-state index contributed by atoms with van der Waals surface area (Å²) in [4.78, 5) is 10.7. The monoisotopic (exact) mass is 269 g/mol. The van der Waals surface area contributed by atoms with Crippen LogP contribution in [0.1, 0.15) is 21.5 Å². The summed E-state index contributed by atoms with van der Waals surface area (Å²) in [7, 11) is 0. The van der Waals surface area contributed by atoms with Crippen molar-refractivity contribution in [1.29, 1.82) is 0 Å². The number of nitrogens with zero attached hydrogens (tertiary/aromatic N) is 2. The summed E-state index contributed by atoms with van der Waals surface area (Å²) in [6, 6.07) is 9.92. The second-order valence-corrected chi connectivity index (χ2v) is 4.56. The summed E-state index contributed by atoms with van der Waals surface area (Å²) < 4.78 is 0. The van der Waals surface area contributed by atoms with E-state index in [1.54, 1.807) is 12.1 Å². The number of azo groups is 1. The van der Waals surface area contributed by atoms with Gasteiger partial charge in [-0.1, -0.05) is 0 Å². The highest BCUT2D eigenvalue weighted by Gasteiger charge is 2.04. The highest BCUT2D eigenvalue weighted by Crippen LogP contribution is 2.28. The molecule has 20 heavy (non-hydrogen) atoms. The lowest BCUT2D eigenvalue weighted by atomic mass is 10.1. The first-order chi connectivity index (χ1) is 9.47. The van der Waals surface area contributed by atoms with Crippen molar-refractivity contribution < 1.29 is 9.90 Å². The molecule has 0 atom stereocenters. The number of rotatable bonds is 3. The van der Waals surface area contributed by atoms with Gasteiger partial charge in [0, 0.05) is 5.69 Å². The van der Waals surface area contributed by atoms with E-state index < -0.39 is 5.97 Å². The van der Waals surface area contributed by atoms with E-state index in [2.05, 4.69) is 10.2 Å².